The Balaban J connectivity index is 2.49. The van der Waals surface area contributed by atoms with Crippen LogP contribution < -0.4 is 5.32 Å². The van der Waals surface area contributed by atoms with Gasteiger partial charge in [0.1, 0.15) is 5.82 Å². The maximum atomic E-state index is 12.9. The highest BCUT2D eigenvalue weighted by molar-refractivity contribution is 7.81. The molecule has 1 unspecified atom stereocenters. The molecular formula is C12H16FNOS. The maximum Gasteiger partial charge on any atom is 0.233 e. The van der Waals surface area contributed by atoms with E-state index in [9.17, 15) is 9.18 Å². The first-order chi connectivity index (χ1) is 7.50. The Labute approximate surface area is 101 Å². The highest BCUT2D eigenvalue weighted by Gasteiger charge is 2.16. The molecule has 0 saturated carbocycles. The second kappa shape index (κ2) is 5.89. The third-order valence-corrected chi connectivity index (χ3v) is 3.09. The predicted molar refractivity (Wildman–Crippen MR) is 65.9 cm³/mol. The first-order valence-corrected chi connectivity index (χ1v) is 5.72. The molecule has 16 heavy (non-hydrogen) atoms. The minimum Gasteiger partial charge on any atom is -0.351 e. The van der Waals surface area contributed by atoms with Gasteiger partial charge in [-0.05, 0) is 23.6 Å². The summed E-state index contributed by atoms with van der Waals surface area (Å²) in [4.78, 5) is 11.6. The summed E-state index contributed by atoms with van der Waals surface area (Å²) in [5.41, 5.74) is 0.748. The van der Waals surface area contributed by atoms with Crippen molar-refractivity contribution in [3.63, 3.8) is 0 Å². The number of nitrogens with one attached hydrogen (secondary N) is 1. The van der Waals surface area contributed by atoms with E-state index in [1.54, 1.807) is 12.1 Å². The molecule has 88 valence electrons. The fraction of sp³-hybridized carbons (Fsp3) is 0.417. The lowest BCUT2D eigenvalue weighted by Crippen LogP contribution is -2.33. The predicted octanol–water partition coefficient (Wildman–Crippen LogP) is 2.40. The van der Waals surface area contributed by atoms with Crippen LogP contribution in [0.5, 0.6) is 0 Å². The van der Waals surface area contributed by atoms with Crippen molar-refractivity contribution in [2.45, 2.75) is 25.6 Å². The molecule has 0 bridgehead atoms. The summed E-state index contributed by atoms with van der Waals surface area (Å²) in [6.07, 6.45) is 0. The summed E-state index contributed by atoms with van der Waals surface area (Å²) < 4.78 is 12.9. The Morgan fingerprint density at radius 3 is 2.75 bits per heavy atom. The molecule has 0 saturated heterocycles. The number of thiol groups is 1. The van der Waals surface area contributed by atoms with Crippen LogP contribution in [0.25, 0.3) is 0 Å². The van der Waals surface area contributed by atoms with Gasteiger partial charge in [0, 0.05) is 6.54 Å². The molecule has 1 aromatic rings. The summed E-state index contributed by atoms with van der Waals surface area (Å²) in [6, 6.07) is 6.17. The van der Waals surface area contributed by atoms with E-state index >= 15 is 0 Å². The number of hydrogen-bond donors (Lipinski definition) is 2. The van der Waals surface area contributed by atoms with E-state index in [4.69, 9.17) is 0 Å². The molecular weight excluding hydrogens is 225 g/mol. The van der Waals surface area contributed by atoms with Crippen molar-refractivity contribution in [3.05, 3.63) is 35.6 Å². The molecule has 1 amide bonds. The number of carbonyl (C=O) groups is 1. The number of rotatable bonds is 4. The summed E-state index contributed by atoms with van der Waals surface area (Å²) >= 11 is 4.20. The molecule has 1 atom stereocenters. The van der Waals surface area contributed by atoms with Crippen LogP contribution in [0, 0.1) is 11.7 Å². The molecule has 4 heteroatoms. The Hall–Kier alpha value is -1.03. The largest absolute Gasteiger partial charge is 0.351 e. The second-order valence-electron chi connectivity index (χ2n) is 4.04. The van der Waals surface area contributed by atoms with Gasteiger partial charge in [0.15, 0.2) is 0 Å². The lowest BCUT2D eigenvalue weighted by molar-refractivity contribution is -0.121. The minimum atomic E-state index is -0.325. The summed E-state index contributed by atoms with van der Waals surface area (Å²) in [5, 5.41) is 2.40. The molecule has 1 N–H and O–H groups in total. The van der Waals surface area contributed by atoms with Crippen molar-refractivity contribution in [3.8, 4) is 0 Å². The van der Waals surface area contributed by atoms with E-state index in [0.717, 1.165) is 5.56 Å². The normalized spacial score (nSPS) is 12.6. The highest BCUT2D eigenvalue weighted by atomic mass is 32.1. The van der Waals surface area contributed by atoms with Gasteiger partial charge in [0.2, 0.25) is 5.91 Å². The van der Waals surface area contributed by atoms with Gasteiger partial charge in [0.25, 0.3) is 0 Å². The first kappa shape index (κ1) is 13.0. The van der Waals surface area contributed by atoms with Crippen LogP contribution >= 0.6 is 12.6 Å². The van der Waals surface area contributed by atoms with Crippen LogP contribution in [0.2, 0.25) is 0 Å². The van der Waals surface area contributed by atoms with Crippen molar-refractivity contribution in [2.24, 2.45) is 5.92 Å². The van der Waals surface area contributed by atoms with E-state index in [1.807, 2.05) is 13.8 Å². The standard InChI is InChI=1S/C12H16FNOS/c1-8(2)11(16)12(15)14-7-9-4-3-5-10(13)6-9/h3-6,8,11,16H,7H2,1-2H3,(H,14,15). The molecule has 0 radical (unpaired) electrons. The fourth-order valence-corrected chi connectivity index (χ4v) is 1.33. The lowest BCUT2D eigenvalue weighted by Gasteiger charge is -2.14. The monoisotopic (exact) mass is 241 g/mol. The van der Waals surface area contributed by atoms with Gasteiger partial charge in [-0.3, -0.25) is 4.79 Å². The van der Waals surface area contributed by atoms with E-state index in [-0.39, 0.29) is 22.9 Å². The Morgan fingerprint density at radius 2 is 2.19 bits per heavy atom. The molecule has 0 aliphatic carbocycles. The van der Waals surface area contributed by atoms with Gasteiger partial charge in [0.05, 0.1) is 5.25 Å². The van der Waals surface area contributed by atoms with Crippen molar-refractivity contribution >= 4 is 18.5 Å². The minimum absolute atomic E-state index is 0.123. The second-order valence-corrected chi connectivity index (χ2v) is 4.59. The van der Waals surface area contributed by atoms with Crippen molar-refractivity contribution in [1.82, 2.24) is 5.32 Å². The summed E-state index contributed by atoms with van der Waals surface area (Å²) in [6.45, 7) is 4.19. The average Bonchev–Trinajstić information content (AvgIpc) is 2.24. The Kier molecular flexibility index (Phi) is 4.80. The number of carbonyl (C=O) groups excluding carboxylic acids is 1. The molecule has 1 rings (SSSR count). The quantitative estimate of drug-likeness (QED) is 0.779. The molecule has 0 heterocycles. The maximum absolute atomic E-state index is 12.9. The van der Waals surface area contributed by atoms with Gasteiger partial charge in [-0.2, -0.15) is 12.6 Å². The highest BCUT2D eigenvalue weighted by Crippen LogP contribution is 2.09. The van der Waals surface area contributed by atoms with Crippen LogP contribution in [0.3, 0.4) is 0 Å². The fourth-order valence-electron chi connectivity index (χ4n) is 1.24. The van der Waals surface area contributed by atoms with Crippen LogP contribution in [-0.4, -0.2) is 11.2 Å². The molecule has 1 aromatic carbocycles. The summed E-state index contributed by atoms with van der Waals surface area (Å²) in [5.74, 6) is -0.239. The third kappa shape index (κ3) is 3.85. The van der Waals surface area contributed by atoms with Crippen LogP contribution in [-0.2, 0) is 11.3 Å². The van der Waals surface area contributed by atoms with Gasteiger partial charge in [-0.25, -0.2) is 4.39 Å². The topological polar surface area (TPSA) is 29.1 Å². The van der Waals surface area contributed by atoms with Crippen LogP contribution in [0.1, 0.15) is 19.4 Å². The Bertz CT molecular complexity index is 368. The number of benzene rings is 1. The van der Waals surface area contributed by atoms with Gasteiger partial charge in [-0.15, -0.1) is 0 Å². The average molecular weight is 241 g/mol. The van der Waals surface area contributed by atoms with E-state index < -0.39 is 0 Å². The van der Waals surface area contributed by atoms with Crippen LogP contribution in [0.15, 0.2) is 24.3 Å². The van der Waals surface area contributed by atoms with E-state index in [1.165, 1.54) is 12.1 Å². The van der Waals surface area contributed by atoms with Crippen molar-refractivity contribution in [2.75, 3.05) is 0 Å². The SMILES string of the molecule is CC(C)C(S)C(=O)NCc1cccc(F)c1. The van der Waals surface area contributed by atoms with Gasteiger partial charge in [-0.1, -0.05) is 26.0 Å². The molecule has 0 aromatic heterocycles. The van der Waals surface area contributed by atoms with E-state index in [0.29, 0.717) is 6.54 Å². The number of hydrogen-bond acceptors (Lipinski definition) is 2. The zero-order chi connectivity index (χ0) is 12.1. The number of halogens is 1. The van der Waals surface area contributed by atoms with E-state index in [2.05, 4.69) is 17.9 Å². The first-order valence-electron chi connectivity index (χ1n) is 5.21. The zero-order valence-electron chi connectivity index (χ0n) is 9.40. The van der Waals surface area contributed by atoms with Crippen molar-refractivity contribution in [1.29, 1.82) is 0 Å². The smallest absolute Gasteiger partial charge is 0.233 e. The molecule has 0 spiro atoms. The molecule has 0 aliphatic heterocycles. The molecule has 0 aliphatic rings. The van der Waals surface area contributed by atoms with Gasteiger partial charge >= 0.3 is 0 Å². The zero-order valence-corrected chi connectivity index (χ0v) is 10.3. The number of amides is 1. The van der Waals surface area contributed by atoms with Crippen molar-refractivity contribution < 1.29 is 9.18 Å². The Morgan fingerprint density at radius 1 is 1.50 bits per heavy atom. The van der Waals surface area contributed by atoms with Crippen LogP contribution in [0.4, 0.5) is 4.39 Å². The van der Waals surface area contributed by atoms with Gasteiger partial charge < -0.3 is 5.32 Å². The molecule has 2 nitrogen and oxygen atoms in total. The third-order valence-electron chi connectivity index (χ3n) is 2.26. The lowest BCUT2D eigenvalue weighted by atomic mass is 10.1. The summed E-state index contributed by atoms with van der Waals surface area (Å²) in [7, 11) is 0. The molecule has 0 fully saturated rings.